The molecule has 2 aromatic rings. The van der Waals surface area contributed by atoms with E-state index in [0.29, 0.717) is 28.8 Å². The summed E-state index contributed by atoms with van der Waals surface area (Å²) in [6.45, 7) is 4.87. The predicted octanol–water partition coefficient (Wildman–Crippen LogP) is 4.36. The Morgan fingerprint density at radius 3 is 2.62 bits per heavy atom. The topological polar surface area (TPSA) is 33.2 Å². The highest BCUT2D eigenvalue weighted by Crippen LogP contribution is 2.16. The molecule has 0 saturated carbocycles. The lowest BCUT2D eigenvalue weighted by Gasteiger charge is -2.21. The molecule has 110 valence electrons. The predicted molar refractivity (Wildman–Crippen MR) is 85.9 cm³/mol. The number of carbonyl (C=O) groups excluding carboxylic acids is 1. The second-order valence-electron chi connectivity index (χ2n) is 4.77. The van der Waals surface area contributed by atoms with E-state index in [1.807, 2.05) is 38.1 Å². The van der Waals surface area contributed by atoms with Gasteiger partial charge in [0.1, 0.15) is 5.15 Å². The van der Waals surface area contributed by atoms with Crippen LogP contribution in [0, 0.1) is 6.92 Å². The monoisotopic (exact) mass is 322 g/mol. The van der Waals surface area contributed by atoms with Gasteiger partial charge in [0.25, 0.3) is 5.91 Å². The molecule has 1 aromatic carbocycles. The van der Waals surface area contributed by atoms with E-state index in [2.05, 4.69) is 4.98 Å². The van der Waals surface area contributed by atoms with E-state index in [1.54, 1.807) is 17.0 Å². The second-order valence-corrected chi connectivity index (χ2v) is 5.59. The molecule has 0 aliphatic rings. The van der Waals surface area contributed by atoms with E-state index in [9.17, 15) is 4.79 Å². The maximum atomic E-state index is 12.6. The molecule has 0 saturated heterocycles. The van der Waals surface area contributed by atoms with Crippen molar-refractivity contribution >= 4 is 29.1 Å². The van der Waals surface area contributed by atoms with Crippen LogP contribution in [0.25, 0.3) is 0 Å². The Kier molecular flexibility index (Phi) is 5.21. The molecule has 0 bridgehead atoms. The van der Waals surface area contributed by atoms with Gasteiger partial charge in [0.2, 0.25) is 0 Å². The van der Waals surface area contributed by atoms with Gasteiger partial charge in [-0.05, 0) is 43.7 Å². The lowest BCUT2D eigenvalue weighted by atomic mass is 10.1. The van der Waals surface area contributed by atoms with Gasteiger partial charge < -0.3 is 4.90 Å². The van der Waals surface area contributed by atoms with Gasteiger partial charge in [0.15, 0.2) is 0 Å². The number of carbonyl (C=O) groups is 1. The van der Waals surface area contributed by atoms with Gasteiger partial charge in [-0.25, -0.2) is 4.98 Å². The third kappa shape index (κ3) is 4.19. The molecular weight excluding hydrogens is 307 g/mol. The Morgan fingerprint density at radius 1 is 1.24 bits per heavy atom. The lowest BCUT2D eigenvalue weighted by Crippen LogP contribution is -2.30. The fourth-order valence-corrected chi connectivity index (χ4v) is 2.58. The van der Waals surface area contributed by atoms with Gasteiger partial charge in [0.05, 0.1) is 0 Å². The standard InChI is InChI=1S/C16H16Cl2N2O/c1-3-20(10-12-5-4-6-14(17)8-12)16(21)13-7-11(2)19-15(18)9-13/h4-9H,3,10H2,1-2H3. The zero-order chi connectivity index (χ0) is 15.4. The maximum absolute atomic E-state index is 12.6. The van der Waals surface area contributed by atoms with Crippen molar-refractivity contribution in [2.75, 3.05) is 6.54 Å². The van der Waals surface area contributed by atoms with Crippen LogP contribution in [0.4, 0.5) is 0 Å². The van der Waals surface area contributed by atoms with E-state index in [-0.39, 0.29) is 5.91 Å². The van der Waals surface area contributed by atoms with Crippen molar-refractivity contribution in [1.29, 1.82) is 0 Å². The molecule has 0 N–H and O–H groups in total. The van der Waals surface area contributed by atoms with Crippen LogP contribution in [0.5, 0.6) is 0 Å². The van der Waals surface area contributed by atoms with Gasteiger partial charge in [-0.2, -0.15) is 0 Å². The number of rotatable bonds is 4. The fraction of sp³-hybridized carbons (Fsp3) is 0.250. The van der Waals surface area contributed by atoms with Crippen LogP contribution >= 0.6 is 23.2 Å². The molecule has 3 nitrogen and oxygen atoms in total. The fourth-order valence-electron chi connectivity index (χ4n) is 2.12. The molecular formula is C16H16Cl2N2O. The largest absolute Gasteiger partial charge is 0.335 e. The number of aromatic nitrogens is 1. The Hall–Kier alpha value is -1.58. The van der Waals surface area contributed by atoms with E-state index >= 15 is 0 Å². The normalized spacial score (nSPS) is 10.5. The molecule has 0 aliphatic heterocycles. The number of nitrogens with zero attached hydrogens (tertiary/aromatic N) is 2. The number of amides is 1. The van der Waals surface area contributed by atoms with Crippen molar-refractivity contribution in [2.45, 2.75) is 20.4 Å². The molecule has 1 amide bonds. The molecule has 21 heavy (non-hydrogen) atoms. The van der Waals surface area contributed by atoms with Gasteiger partial charge in [-0.15, -0.1) is 0 Å². The molecule has 0 aliphatic carbocycles. The summed E-state index contributed by atoms with van der Waals surface area (Å²) in [6, 6.07) is 10.8. The summed E-state index contributed by atoms with van der Waals surface area (Å²) in [7, 11) is 0. The van der Waals surface area contributed by atoms with Gasteiger partial charge >= 0.3 is 0 Å². The number of halogens is 2. The van der Waals surface area contributed by atoms with Crippen LogP contribution in [0.3, 0.4) is 0 Å². The van der Waals surface area contributed by atoms with Crippen LogP contribution in [0.15, 0.2) is 36.4 Å². The Labute approximate surface area is 134 Å². The average molecular weight is 323 g/mol. The Bertz CT molecular complexity index is 638. The van der Waals surface area contributed by atoms with Crippen LogP contribution in [0.2, 0.25) is 10.2 Å². The molecule has 5 heteroatoms. The van der Waals surface area contributed by atoms with Crippen LogP contribution in [-0.4, -0.2) is 22.3 Å². The number of pyridine rings is 1. The zero-order valence-electron chi connectivity index (χ0n) is 11.9. The smallest absolute Gasteiger partial charge is 0.254 e. The van der Waals surface area contributed by atoms with Crippen LogP contribution in [-0.2, 0) is 6.54 Å². The van der Waals surface area contributed by atoms with Crippen molar-refractivity contribution in [3.05, 3.63) is 63.4 Å². The van der Waals surface area contributed by atoms with Crippen molar-refractivity contribution in [2.24, 2.45) is 0 Å². The first-order chi connectivity index (χ1) is 9.99. The summed E-state index contributed by atoms with van der Waals surface area (Å²) < 4.78 is 0. The van der Waals surface area contributed by atoms with Gasteiger partial charge in [-0.3, -0.25) is 4.79 Å². The molecule has 0 spiro atoms. The SMILES string of the molecule is CCN(Cc1cccc(Cl)c1)C(=O)c1cc(C)nc(Cl)c1. The maximum Gasteiger partial charge on any atom is 0.254 e. The van der Waals surface area contributed by atoms with E-state index < -0.39 is 0 Å². The summed E-state index contributed by atoms with van der Waals surface area (Å²) in [5, 5.41) is 0.996. The number of hydrogen-bond donors (Lipinski definition) is 0. The van der Waals surface area contributed by atoms with Gasteiger partial charge in [0, 0.05) is 29.4 Å². The molecule has 2 rings (SSSR count). The van der Waals surface area contributed by atoms with E-state index in [1.165, 1.54) is 0 Å². The third-order valence-electron chi connectivity index (χ3n) is 3.10. The molecule has 0 atom stereocenters. The summed E-state index contributed by atoms with van der Waals surface area (Å²) >= 11 is 11.9. The Balaban J connectivity index is 2.22. The van der Waals surface area contributed by atoms with Crippen molar-refractivity contribution in [3.8, 4) is 0 Å². The highest BCUT2D eigenvalue weighted by molar-refractivity contribution is 6.30. The summed E-state index contributed by atoms with van der Waals surface area (Å²) in [5.74, 6) is -0.0649. The zero-order valence-corrected chi connectivity index (χ0v) is 13.4. The molecule has 1 heterocycles. The number of hydrogen-bond acceptors (Lipinski definition) is 2. The highest BCUT2D eigenvalue weighted by atomic mass is 35.5. The molecule has 0 fully saturated rings. The Morgan fingerprint density at radius 2 is 2.00 bits per heavy atom. The highest BCUT2D eigenvalue weighted by Gasteiger charge is 2.16. The number of benzene rings is 1. The minimum Gasteiger partial charge on any atom is -0.335 e. The first-order valence-corrected chi connectivity index (χ1v) is 7.43. The average Bonchev–Trinajstić information content (AvgIpc) is 2.43. The quantitative estimate of drug-likeness (QED) is 0.783. The first-order valence-electron chi connectivity index (χ1n) is 6.67. The molecule has 0 unspecified atom stereocenters. The van der Waals surface area contributed by atoms with Crippen molar-refractivity contribution in [3.63, 3.8) is 0 Å². The lowest BCUT2D eigenvalue weighted by molar-refractivity contribution is 0.0752. The van der Waals surface area contributed by atoms with Crippen LogP contribution < -0.4 is 0 Å². The second kappa shape index (κ2) is 6.92. The minimum absolute atomic E-state index is 0.0649. The van der Waals surface area contributed by atoms with Crippen molar-refractivity contribution < 1.29 is 4.79 Å². The van der Waals surface area contributed by atoms with E-state index in [4.69, 9.17) is 23.2 Å². The minimum atomic E-state index is -0.0649. The molecule has 1 aromatic heterocycles. The first kappa shape index (κ1) is 15.8. The van der Waals surface area contributed by atoms with Crippen LogP contribution in [0.1, 0.15) is 28.5 Å². The van der Waals surface area contributed by atoms with E-state index in [0.717, 1.165) is 11.3 Å². The summed E-state index contributed by atoms with van der Waals surface area (Å²) in [4.78, 5) is 18.4. The summed E-state index contributed by atoms with van der Waals surface area (Å²) in [5.41, 5.74) is 2.27. The van der Waals surface area contributed by atoms with Crippen molar-refractivity contribution in [1.82, 2.24) is 9.88 Å². The van der Waals surface area contributed by atoms with Gasteiger partial charge in [-0.1, -0.05) is 35.3 Å². The summed E-state index contributed by atoms with van der Waals surface area (Å²) in [6.07, 6.45) is 0. The molecule has 0 radical (unpaired) electrons. The third-order valence-corrected chi connectivity index (χ3v) is 3.53. The number of aryl methyl sites for hydroxylation is 1.